The first-order valence-corrected chi connectivity index (χ1v) is 5.59. The molecule has 94 valence electrons. The largest absolute Gasteiger partial charge is 0.481 e. The summed E-state index contributed by atoms with van der Waals surface area (Å²) in [7, 11) is 0. The lowest BCUT2D eigenvalue weighted by Gasteiger charge is -2.01. The molecule has 0 radical (unpaired) electrons. The van der Waals surface area contributed by atoms with Gasteiger partial charge in [-0.3, -0.25) is 4.79 Å². The van der Waals surface area contributed by atoms with Crippen LogP contribution in [0.4, 0.5) is 0 Å². The van der Waals surface area contributed by atoms with Gasteiger partial charge < -0.3 is 9.84 Å². The van der Waals surface area contributed by atoms with E-state index < -0.39 is 11.9 Å². The quantitative estimate of drug-likeness (QED) is 0.670. The average molecular weight is 267 g/mol. The number of benzene rings is 1. The van der Waals surface area contributed by atoms with Gasteiger partial charge in [0.2, 0.25) is 0 Å². The molecule has 1 rings (SSSR count). The Bertz CT molecular complexity index is 526. The highest BCUT2D eigenvalue weighted by molar-refractivity contribution is 6.31. The van der Waals surface area contributed by atoms with E-state index >= 15 is 0 Å². The first kappa shape index (κ1) is 14.1. The van der Waals surface area contributed by atoms with Gasteiger partial charge in [0.15, 0.2) is 0 Å². The fraction of sp³-hybridized carbons (Fsp3) is 0.231. The standard InChI is InChI=1S/C13H11ClO4/c1-2-18-13(17)6-4-9-3-5-10(8-12(15)16)11(14)7-9/h3,5,7H,2,8H2,1H3,(H,15,16). The maximum atomic E-state index is 11.0. The van der Waals surface area contributed by atoms with Gasteiger partial charge in [-0.25, -0.2) is 4.79 Å². The first-order chi connectivity index (χ1) is 8.52. The lowest BCUT2D eigenvalue weighted by atomic mass is 10.1. The van der Waals surface area contributed by atoms with Crippen molar-refractivity contribution in [2.24, 2.45) is 0 Å². The van der Waals surface area contributed by atoms with Crippen LogP contribution in [0.5, 0.6) is 0 Å². The summed E-state index contributed by atoms with van der Waals surface area (Å²) in [5, 5.41) is 8.96. The van der Waals surface area contributed by atoms with E-state index in [1.807, 2.05) is 0 Å². The van der Waals surface area contributed by atoms with Crippen LogP contribution in [0, 0.1) is 11.8 Å². The molecular formula is C13H11ClO4. The Kier molecular flexibility index (Phi) is 5.22. The number of carboxylic acids is 1. The van der Waals surface area contributed by atoms with Crippen LogP contribution in [-0.2, 0) is 20.7 Å². The summed E-state index contributed by atoms with van der Waals surface area (Å²) in [6.45, 7) is 1.96. The van der Waals surface area contributed by atoms with Crippen LogP contribution in [0.3, 0.4) is 0 Å². The molecule has 4 nitrogen and oxygen atoms in total. The van der Waals surface area contributed by atoms with Crippen molar-refractivity contribution in [3.63, 3.8) is 0 Å². The van der Waals surface area contributed by atoms with Crippen LogP contribution < -0.4 is 0 Å². The number of halogens is 1. The fourth-order valence-electron chi connectivity index (χ4n) is 1.22. The molecule has 0 heterocycles. The summed E-state index contributed by atoms with van der Waals surface area (Å²) in [5.74, 6) is 3.33. The number of esters is 1. The smallest absolute Gasteiger partial charge is 0.384 e. The number of carbonyl (C=O) groups is 2. The molecule has 0 spiro atoms. The van der Waals surface area contributed by atoms with Gasteiger partial charge in [0, 0.05) is 16.5 Å². The van der Waals surface area contributed by atoms with Crippen molar-refractivity contribution in [1.29, 1.82) is 0 Å². The summed E-state index contributed by atoms with van der Waals surface area (Å²) < 4.78 is 4.65. The molecule has 1 aromatic carbocycles. The highest BCUT2D eigenvalue weighted by Crippen LogP contribution is 2.18. The topological polar surface area (TPSA) is 63.6 Å². The van der Waals surface area contributed by atoms with Crippen molar-refractivity contribution < 1.29 is 19.4 Å². The predicted molar refractivity (Wildman–Crippen MR) is 66.3 cm³/mol. The van der Waals surface area contributed by atoms with E-state index in [4.69, 9.17) is 16.7 Å². The van der Waals surface area contributed by atoms with Gasteiger partial charge >= 0.3 is 11.9 Å². The molecule has 1 N–H and O–H groups in total. The van der Waals surface area contributed by atoms with Gasteiger partial charge in [-0.1, -0.05) is 23.6 Å². The van der Waals surface area contributed by atoms with Crippen LogP contribution in [0.1, 0.15) is 18.1 Å². The second kappa shape index (κ2) is 6.67. The summed E-state index contributed by atoms with van der Waals surface area (Å²) in [6.07, 6.45) is -0.148. The van der Waals surface area contributed by atoms with Crippen molar-refractivity contribution in [3.05, 3.63) is 34.3 Å². The highest BCUT2D eigenvalue weighted by atomic mass is 35.5. The van der Waals surface area contributed by atoms with Crippen molar-refractivity contribution in [1.82, 2.24) is 0 Å². The summed E-state index contributed by atoms with van der Waals surface area (Å²) >= 11 is 5.90. The normalized spacial score (nSPS) is 9.22. The van der Waals surface area contributed by atoms with E-state index in [0.717, 1.165) is 0 Å². The fourth-order valence-corrected chi connectivity index (χ4v) is 1.47. The number of aliphatic carboxylic acids is 1. The minimum absolute atomic E-state index is 0.148. The van der Waals surface area contributed by atoms with E-state index in [2.05, 4.69) is 16.6 Å². The van der Waals surface area contributed by atoms with Crippen molar-refractivity contribution >= 4 is 23.5 Å². The third kappa shape index (κ3) is 4.48. The SMILES string of the molecule is CCOC(=O)C#Cc1ccc(CC(=O)O)c(Cl)c1. The van der Waals surface area contributed by atoms with E-state index in [1.165, 1.54) is 6.07 Å². The highest BCUT2D eigenvalue weighted by Gasteiger charge is 2.05. The molecule has 18 heavy (non-hydrogen) atoms. The number of carbonyl (C=O) groups excluding carboxylic acids is 1. The number of carboxylic acid groups (broad SMARTS) is 1. The van der Waals surface area contributed by atoms with E-state index in [-0.39, 0.29) is 13.0 Å². The van der Waals surface area contributed by atoms with Crippen molar-refractivity contribution in [2.45, 2.75) is 13.3 Å². The lowest BCUT2D eigenvalue weighted by Crippen LogP contribution is -2.01. The van der Waals surface area contributed by atoms with Gasteiger partial charge in [0.1, 0.15) is 0 Å². The maximum absolute atomic E-state index is 11.0. The Morgan fingerprint density at radius 3 is 2.72 bits per heavy atom. The molecule has 1 aromatic rings. The Labute approximate surface area is 110 Å². The van der Waals surface area contributed by atoms with Crippen LogP contribution in [0.25, 0.3) is 0 Å². The second-order valence-electron chi connectivity index (χ2n) is 3.35. The summed E-state index contributed by atoms with van der Waals surface area (Å²) in [4.78, 5) is 21.6. The zero-order chi connectivity index (χ0) is 13.5. The first-order valence-electron chi connectivity index (χ1n) is 5.22. The Balaban J connectivity index is 2.84. The minimum Gasteiger partial charge on any atom is -0.481 e. The van der Waals surface area contributed by atoms with Gasteiger partial charge in [-0.15, -0.1) is 0 Å². The Morgan fingerprint density at radius 2 is 2.17 bits per heavy atom. The molecule has 0 aliphatic carbocycles. The van der Waals surface area contributed by atoms with Crippen LogP contribution in [0.2, 0.25) is 5.02 Å². The van der Waals surface area contributed by atoms with Gasteiger partial charge in [-0.2, -0.15) is 0 Å². The van der Waals surface area contributed by atoms with Crippen LogP contribution >= 0.6 is 11.6 Å². The molecule has 0 saturated carbocycles. The molecule has 0 aliphatic rings. The van der Waals surface area contributed by atoms with E-state index in [1.54, 1.807) is 19.1 Å². The monoisotopic (exact) mass is 266 g/mol. The zero-order valence-corrected chi connectivity index (χ0v) is 10.5. The lowest BCUT2D eigenvalue weighted by molar-refractivity contribution is -0.137. The van der Waals surface area contributed by atoms with Gasteiger partial charge in [0.05, 0.1) is 13.0 Å². The van der Waals surface area contributed by atoms with Gasteiger partial charge in [0.25, 0.3) is 0 Å². The second-order valence-corrected chi connectivity index (χ2v) is 3.75. The molecule has 0 aliphatic heterocycles. The maximum Gasteiger partial charge on any atom is 0.384 e. The predicted octanol–water partition coefficient (Wildman–Crippen LogP) is 1.88. The molecule has 0 bridgehead atoms. The van der Waals surface area contributed by atoms with Crippen LogP contribution in [-0.4, -0.2) is 23.7 Å². The molecule has 0 atom stereocenters. The zero-order valence-electron chi connectivity index (χ0n) is 9.70. The molecule has 0 saturated heterocycles. The third-order valence-corrected chi connectivity index (χ3v) is 2.33. The molecule has 5 heteroatoms. The minimum atomic E-state index is -0.956. The summed E-state index contributed by atoms with van der Waals surface area (Å²) in [5.41, 5.74) is 1.04. The molecule has 0 unspecified atom stereocenters. The molecule has 0 fully saturated rings. The van der Waals surface area contributed by atoms with Gasteiger partial charge in [-0.05, 0) is 24.6 Å². The van der Waals surface area contributed by atoms with Crippen molar-refractivity contribution in [3.8, 4) is 11.8 Å². The van der Waals surface area contributed by atoms with Crippen LogP contribution in [0.15, 0.2) is 18.2 Å². The van der Waals surface area contributed by atoms with Crippen molar-refractivity contribution in [2.75, 3.05) is 6.61 Å². The molecule has 0 amide bonds. The number of rotatable bonds is 3. The Hall–Kier alpha value is -1.99. The summed E-state index contributed by atoms with van der Waals surface area (Å²) in [6, 6.07) is 4.70. The number of ether oxygens (including phenoxy) is 1. The van der Waals surface area contributed by atoms with E-state index in [0.29, 0.717) is 16.1 Å². The number of hydrogen-bond donors (Lipinski definition) is 1. The molecule has 0 aromatic heterocycles. The Morgan fingerprint density at radius 1 is 1.44 bits per heavy atom. The number of hydrogen-bond acceptors (Lipinski definition) is 3. The van der Waals surface area contributed by atoms with E-state index in [9.17, 15) is 9.59 Å². The molecular weight excluding hydrogens is 256 g/mol. The third-order valence-electron chi connectivity index (χ3n) is 1.98. The average Bonchev–Trinajstić information content (AvgIpc) is 2.29.